The number of hydrogen-bond acceptors (Lipinski definition) is 4. The molecule has 1 atom stereocenters. The van der Waals surface area contributed by atoms with Crippen molar-refractivity contribution in [1.29, 1.82) is 0 Å². The second-order valence-corrected chi connectivity index (χ2v) is 9.25. The third kappa shape index (κ3) is 5.38. The largest absolute Gasteiger partial charge is 0.495 e. The molecule has 3 aromatic rings. The van der Waals surface area contributed by atoms with Crippen LogP contribution in [-0.2, 0) is 14.8 Å². The average Bonchev–Trinajstić information content (AvgIpc) is 2.78. The minimum absolute atomic E-state index is 0.0336. The molecule has 0 aromatic heterocycles. The van der Waals surface area contributed by atoms with E-state index in [0.29, 0.717) is 11.3 Å². The molecule has 1 N–H and O–H groups in total. The molecule has 1 amide bonds. The van der Waals surface area contributed by atoms with E-state index in [1.807, 2.05) is 0 Å². The van der Waals surface area contributed by atoms with Crippen LogP contribution in [0.4, 0.5) is 10.1 Å². The monoisotopic (exact) mass is 476 g/mol. The molecule has 0 saturated carbocycles. The van der Waals surface area contributed by atoms with Gasteiger partial charge in [-0.05, 0) is 55.0 Å². The number of benzene rings is 3. The van der Waals surface area contributed by atoms with Gasteiger partial charge in [0.2, 0.25) is 5.91 Å². The Hall–Kier alpha value is -3.10. The fourth-order valence-corrected chi connectivity index (χ4v) is 4.78. The predicted molar refractivity (Wildman–Crippen MR) is 122 cm³/mol. The van der Waals surface area contributed by atoms with E-state index in [2.05, 4.69) is 5.32 Å². The van der Waals surface area contributed by atoms with E-state index in [0.717, 1.165) is 4.31 Å². The van der Waals surface area contributed by atoms with E-state index < -0.39 is 28.5 Å². The summed E-state index contributed by atoms with van der Waals surface area (Å²) in [7, 11) is -2.62. The van der Waals surface area contributed by atoms with Crippen molar-refractivity contribution in [3.63, 3.8) is 0 Å². The van der Waals surface area contributed by atoms with Gasteiger partial charge >= 0.3 is 0 Å². The quantitative estimate of drug-likeness (QED) is 0.517. The van der Waals surface area contributed by atoms with Crippen LogP contribution in [0.15, 0.2) is 77.7 Å². The lowest BCUT2D eigenvalue weighted by Crippen LogP contribution is -2.41. The summed E-state index contributed by atoms with van der Waals surface area (Å²) in [5.74, 6) is -0.543. The fraction of sp³-hybridized carbons (Fsp3) is 0.174. The maximum atomic E-state index is 13.4. The lowest BCUT2D eigenvalue weighted by atomic mass is 10.1. The van der Waals surface area contributed by atoms with Crippen molar-refractivity contribution in [3.05, 3.63) is 89.2 Å². The summed E-state index contributed by atoms with van der Waals surface area (Å²) in [4.78, 5) is 12.8. The molecule has 0 fully saturated rings. The first-order valence-corrected chi connectivity index (χ1v) is 11.5. The molecule has 6 nitrogen and oxygen atoms in total. The van der Waals surface area contributed by atoms with Crippen molar-refractivity contribution in [1.82, 2.24) is 5.32 Å². The van der Waals surface area contributed by atoms with Gasteiger partial charge in [0.25, 0.3) is 10.0 Å². The molecule has 3 aromatic carbocycles. The van der Waals surface area contributed by atoms with Crippen molar-refractivity contribution in [2.75, 3.05) is 18.0 Å². The lowest BCUT2D eigenvalue weighted by molar-refractivity contribution is -0.120. The highest BCUT2D eigenvalue weighted by Crippen LogP contribution is 2.32. The maximum Gasteiger partial charge on any atom is 0.264 e. The molecule has 3 rings (SSSR count). The minimum Gasteiger partial charge on any atom is -0.495 e. The Morgan fingerprint density at radius 2 is 1.75 bits per heavy atom. The van der Waals surface area contributed by atoms with Gasteiger partial charge in [0.1, 0.15) is 18.1 Å². The first-order chi connectivity index (χ1) is 15.2. The number of nitrogens with one attached hydrogen (secondary N) is 1. The Kier molecular flexibility index (Phi) is 7.37. The molecule has 0 bridgehead atoms. The van der Waals surface area contributed by atoms with E-state index in [1.165, 1.54) is 49.6 Å². The van der Waals surface area contributed by atoms with Crippen molar-refractivity contribution in [3.8, 4) is 5.75 Å². The Labute approximate surface area is 191 Å². The second-order valence-electron chi connectivity index (χ2n) is 6.98. The number of rotatable bonds is 8. The van der Waals surface area contributed by atoms with Gasteiger partial charge in [-0.1, -0.05) is 41.9 Å². The van der Waals surface area contributed by atoms with Crippen molar-refractivity contribution >= 4 is 33.2 Å². The highest BCUT2D eigenvalue weighted by molar-refractivity contribution is 7.92. The van der Waals surface area contributed by atoms with Gasteiger partial charge < -0.3 is 10.1 Å². The molecule has 9 heteroatoms. The van der Waals surface area contributed by atoms with E-state index >= 15 is 0 Å². The number of nitrogens with zero attached hydrogens (tertiary/aromatic N) is 1. The fourth-order valence-electron chi connectivity index (χ4n) is 3.10. The van der Waals surface area contributed by atoms with E-state index in [-0.39, 0.29) is 21.4 Å². The number of hydrogen-bond donors (Lipinski definition) is 1. The van der Waals surface area contributed by atoms with Crippen LogP contribution in [0.1, 0.15) is 18.5 Å². The molecule has 0 radical (unpaired) electrons. The Morgan fingerprint density at radius 1 is 1.09 bits per heavy atom. The second kappa shape index (κ2) is 10.0. The molecule has 0 aliphatic carbocycles. The van der Waals surface area contributed by atoms with Gasteiger partial charge in [-0.25, -0.2) is 12.8 Å². The zero-order chi connectivity index (χ0) is 23.3. The number of anilines is 1. The third-order valence-corrected chi connectivity index (χ3v) is 6.87. The normalized spacial score (nSPS) is 12.1. The number of ether oxygens (including phenoxy) is 1. The van der Waals surface area contributed by atoms with Crippen LogP contribution in [0.5, 0.6) is 5.75 Å². The molecular weight excluding hydrogens is 455 g/mol. The summed E-state index contributed by atoms with van der Waals surface area (Å²) in [6.07, 6.45) is 0. The number of carbonyl (C=O) groups excluding carboxylic acids is 1. The molecule has 0 unspecified atom stereocenters. The topological polar surface area (TPSA) is 75.7 Å². The summed E-state index contributed by atoms with van der Waals surface area (Å²) in [6, 6.07) is 17.5. The minimum atomic E-state index is -4.07. The van der Waals surface area contributed by atoms with E-state index in [1.54, 1.807) is 37.3 Å². The smallest absolute Gasteiger partial charge is 0.264 e. The Morgan fingerprint density at radius 3 is 2.34 bits per heavy atom. The summed E-state index contributed by atoms with van der Waals surface area (Å²) in [6.45, 7) is 1.25. The molecule has 32 heavy (non-hydrogen) atoms. The Balaban J connectivity index is 1.91. The van der Waals surface area contributed by atoms with Crippen molar-refractivity contribution in [2.24, 2.45) is 0 Å². The van der Waals surface area contributed by atoms with Crippen LogP contribution in [-0.4, -0.2) is 28.0 Å². The summed E-state index contributed by atoms with van der Waals surface area (Å²) < 4.78 is 46.0. The van der Waals surface area contributed by atoms with Gasteiger partial charge in [-0.15, -0.1) is 0 Å². The van der Waals surface area contributed by atoms with Gasteiger partial charge in [-0.3, -0.25) is 9.10 Å². The summed E-state index contributed by atoms with van der Waals surface area (Å²) in [5, 5.41) is 2.96. The zero-order valence-electron chi connectivity index (χ0n) is 17.5. The van der Waals surface area contributed by atoms with Crippen LogP contribution in [0, 0.1) is 5.82 Å². The Bertz CT molecular complexity index is 1190. The summed E-state index contributed by atoms with van der Waals surface area (Å²) in [5.41, 5.74) is 0.897. The highest BCUT2D eigenvalue weighted by atomic mass is 35.5. The van der Waals surface area contributed by atoms with Gasteiger partial charge in [0.05, 0.1) is 28.8 Å². The molecular formula is C23H22ClFN2O4S. The SMILES string of the molecule is COc1ccc(N(CC(=O)N[C@H](C)c2ccc(F)cc2)S(=O)(=O)c2ccccc2)cc1Cl. The van der Waals surface area contributed by atoms with Crippen LogP contribution >= 0.6 is 11.6 Å². The van der Waals surface area contributed by atoms with E-state index in [4.69, 9.17) is 16.3 Å². The lowest BCUT2D eigenvalue weighted by Gasteiger charge is -2.25. The van der Waals surface area contributed by atoms with Gasteiger partial charge in [0.15, 0.2) is 0 Å². The average molecular weight is 477 g/mol. The maximum absolute atomic E-state index is 13.4. The number of sulfonamides is 1. The van der Waals surface area contributed by atoms with Crippen LogP contribution in [0.25, 0.3) is 0 Å². The molecule has 0 saturated heterocycles. The van der Waals surface area contributed by atoms with Crippen LogP contribution in [0.2, 0.25) is 5.02 Å². The number of halogens is 2. The standard InChI is InChI=1S/C23H22ClFN2O4S/c1-16(17-8-10-18(25)11-9-17)26-23(28)15-27(19-12-13-22(31-2)21(24)14-19)32(29,30)20-6-4-3-5-7-20/h3-14,16H,15H2,1-2H3,(H,26,28)/t16-/m1/s1. The highest BCUT2D eigenvalue weighted by Gasteiger charge is 2.28. The van der Waals surface area contributed by atoms with Crippen molar-refractivity contribution < 1.29 is 22.3 Å². The number of carbonyl (C=O) groups is 1. The van der Waals surface area contributed by atoms with Crippen LogP contribution in [0.3, 0.4) is 0 Å². The number of amides is 1. The zero-order valence-corrected chi connectivity index (χ0v) is 19.0. The first-order valence-electron chi connectivity index (χ1n) is 9.68. The van der Waals surface area contributed by atoms with E-state index in [9.17, 15) is 17.6 Å². The molecule has 0 aliphatic rings. The molecule has 0 spiro atoms. The molecule has 0 aliphatic heterocycles. The third-order valence-electron chi connectivity index (χ3n) is 4.79. The predicted octanol–water partition coefficient (Wildman–Crippen LogP) is 4.56. The number of methoxy groups -OCH3 is 1. The first kappa shape index (κ1) is 23.6. The summed E-state index contributed by atoms with van der Waals surface area (Å²) >= 11 is 6.21. The molecule has 168 valence electrons. The van der Waals surface area contributed by atoms with Crippen molar-refractivity contribution in [2.45, 2.75) is 17.9 Å². The molecule has 0 heterocycles. The van der Waals surface area contributed by atoms with Gasteiger partial charge in [0, 0.05) is 0 Å². The van der Waals surface area contributed by atoms with Gasteiger partial charge in [-0.2, -0.15) is 0 Å². The van der Waals surface area contributed by atoms with Crippen LogP contribution < -0.4 is 14.4 Å².